The molecule has 128 valence electrons. The fourth-order valence-corrected chi connectivity index (χ4v) is 3.93. The fourth-order valence-electron chi connectivity index (χ4n) is 2.62. The van der Waals surface area contributed by atoms with Crippen molar-refractivity contribution in [3.8, 4) is 11.1 Å². The van der Waals surface area contributed by atoms with E-state index < -0.39 is 0 Å². The Morgan fingerprint density at radius 1 is 0.731 bits per heavy atom. The molecule has 0 aromatic heterocycles. The smallest absolute Gasteiger partial charge is 0.216 e. The summed E-state index contributed by atoms with van der Waals surface area (Å²) in [4.78, 5) is 25.0. The van der Waals surface area contributed by atoms with Crippen molar-refractivity contribution in [3.63, 3.8) is 0 Å². The van der Waals surface area contributed by atoms with Gasteiger partial charge in [-0.25, -0.2) is 0 Å². The predicted octanol–water partition coefficient (Wildman–Crippen LogP) is 6.12. The first-order valence-corrected chi connectivity index (χ1v) is 9.56. The van der Waals surface area contributed by atoms with Gasteiger partial charge in [0.05, 0.1) is 0 Å². The molecular weight excluding hydrogens is 360 g/mol. The summed E-state index contributed by atoms with van der Waals surface area (Å²) in [5.41, 5.74) is 2.14. The third kappa shape index (κ3) is 3.98. The van der Waals surface area contributed by atoms with Gasteiger partial charge in [0.25, 0.3) is 0 Å². The van der Waals surface area contributed by atoms with E-state index in [0.29, 0.717) is 0 Å². The summed E-state index contributed by atoms with van der Waals surface area (Å²) < 4.78 is 0. The molecule has 0 heterocycles. The summed E-state index contributed by atoms with van der Waals surface area (Å²) in [6, 6.07) is 19.9. The van der Waals surface area contributed by atoms with E-state index in [-0.39, 0.29) is 10.2 Å². The summed E-state index contributed by atoms with van der Waals surface area (Å²) in [6.07, 6.45) is 2.64. The highest BCUT2D eigenvalue weighted by atomic mass is 32.2. The third-order valence-corrected chi connectivity index (χ3v) is 5.63. The minimum absolute atomic E-state index is 0.0727. The van der Waals surface area contributed by atoms with Crippen molar-refractivity contribution in [2.45, 2.75) is 9.79 Å². The SMILES string of the molecule is C=CC(=O)Sc1ccc(-c2ccc(SC(=O)C=C)c3ccccc23)cc1. The molecule has 0 aliphatic rings. The topological polar surface area (TPSA) is 34.1 Å². The molecule has 26 heavy (non-hydrogen) atoms. The van der Waals surface area contributed by atoms with Crippen LogP contribution in [0.15, 0.2) is 95.8 Å². The molecule has 0 amide bonds. The van der Waals surface area contributed by atoms with Crippen LogP contribution in [0, 0.1) is 0 Å². The molecule has 4 heteroatoms. The zero-order valence-corrected chi connectivity index (χ0v) is 15.6. The minimum atomic E-state index is -0.0730. The van der Waals surface area contributed by atoms with Crippen LogP contribution in [0.3, 0.4) is 0 Å². The van der Waals surface area contributed by atoms with Crippen LogP contribution in [0.1, 0.15) is 0 Å². The molecule has 0 aliphatic carbocycles. The lowest BCUT2D eigenvalue weighted by molar-refractivity contribution is -0.107. The molecule has 2 nitrogen and oxygen atoms in total. The third-order valence-electron chi connectivity index (χ3n) is 3.81. The van der Waals surface area contributed by atoms with Crippen molar-refractivity contribution in [1.82, 2.24) is 0 Å². The Bertz CT molecular complexity index is 1000. The number of carbonyl (C=O) groups excluding carboxylic acids is 2. The van der Waals surface area contributed by atoms with Crippen LogP contribution in [0.2, 0.25) is 0 Å². The van der Waals surface area contributed by atoms with Crippen LogP contribution in [0.5, 0.6) is 0 Å². The van der Waals surface area contributed by atoms with Gasteiger partial charge in [0.2, 0.25) is 10.2 Å². The van der Waals surface area contributed by atoms with E-state index in [9.17, 15) is 9.59 Å². The number of hydrogen-bond acceptors (Lipinski definition) is 4. The quantitative estimate of drug-likeness (QED) is 0.397. The standard InChI is InChI=1S/C22H16O2S2/c1-3-21(23)25-16-11-9-15(10-12-16)17-13-14-20(26-22(24)4-2)19-8-6-5-7-18(17)19/h3-14H,1-2H2. The molecule has 0 bridgehead atoms. The van der Waals surface area contributed by atoms with Crippen LogP contribution in [0.25, 0.3) is 21.9 Å². The summed E-state index contributed by atoms with van der Waals surface area (Å²) in [5, 5.41) is 1.97. The van der Waals surface area contributed by atoms with Crippen LogP contribution >= 0.6 is 23.5 Å². The Morgan fingerprint density at radius 2 is 1.35 bits per heavy atom. The Morgan fingerprint density at radius 3 is 2.00 bits per heavy atom. The lowest BCUT2D eigenvalue weighted by Gasteiger charge is -2.11. The zero-order valence-electron chi connectivity index (χ0n) is 14.0. The minimum Gasteiger partial charge on any atom is -0.282 e. The molecule has 0 aliphatic heterocycles. The summed E-state index contributed by atoms with van der Waals surface area (Å²) in [7, 11) is 0. The highest BCUT2D eigenvalue weighted by Crippen LogP contribution is 2.36. The molecule has 0 unspecified atom stereocenters. The molecule has 0 atom stereocenters. The van der Waals surface area contributed by atoms with Gasteiger partial charge in [-0.1, -0.05) is 55.6 Å². The number of hydrogen-bond donors (Lipinski definition) is 0. The number of carbonyl (C=O) groups is 2. The highest BCUT2D eigenvalue weighted by molar-refractivity contribution is 8.14. The predicted molar refractivity (Wildman–Crippen MR) is 112 cm³/mol. The maximum Gasteiger partial charge on any atom is 0.216 e. The molecule has 3 aromatic carbocycles. The van der Waals surface area contributed by atoms with Crippen molar-refractivity contribution < 1.29 is 9.59 Å². The van der Waals surface area contributed by atoms with E-state index in [4.69, 9.17) is 0 Å². The molecule has 0 saturated carbocycles. The molecule has 0 saturated heterocycles. The van der Waals surface area contributed by atoms with Crippen molar-refractivity contribution in [1.29, 1.82) is 0 Å². The van der Waals surface area contributed by atoms with E-state index in [1.54, 1.807) is 0 Å². The van der Waals surface area contributed by atoms with Gasteiger partial charge in [-0.05, 0) is 75.8 Å². The van der Waals surface area contributed by atoms with Crippen LogP contribution in [-0.4, -0.2) is 10.2 Å². The average molecular weight is 377 g/mol. The van der Waals surface area contributed by atoms with E-state index in [2.05, 4.69) is 19.2 Å². The van der Waals surface area contributed by atoms with Crippen molar-refractivity contribution >= 4 is 44.5 Å². The number of benzene rings is 3. The lowest BCUT2D eigenvalue weighted by atomic mass is 9.98. The Kier molecular flexibility index (Phi) is 5.76. The first-order chi connectivity index (χ1) is 12.6. The molecular formula is C22H16O2S2. The van der Waals surface area contributed by atoms with Gasteiger partial charge in [-0.2, -0.15) is 0 Å². The second kappa shape index (κ2) is 8.21. The molecule has 0 fully saturated rings. The molecule has 3 rings (SSSR count). The van der Waals surface area contributed by atoms with Gasteiger partial charge in [-0.3, -0.25) is 9.59 Å². The summed E-state index contributed by atoms with van der Waals surface area (Å²) >= 11 is 2.34. The summed E-state index contributed by atoms with van der Waals surface area (Å²) in [6.45, 7) is 7.02. The Balaban J connectivity index is 2.02. The van der Waals surface area contributed by atoms with E-state index in [1.807, 2.05) is 54.6 Å². The van der Waals surface area contributed by atoms with Gasteiger partial charge in [0.1, 0.15) is 0 Å². The fraction of sp³-hybridized carbons (Fsp3) is 0. The van der Waals surface area contributed by atoms with Crippen molar-refractivity contribution in [3.05, 3.63) is 86.0 Å². The van der Waals surface area contributed by atoms with Crippen molar-refractivity contribution in [2.24, 2.45) is 0 Å². The van der Waals surface area contributed by atoms with Crippen LogP contribution < -0.4 is 0 Å². The van der Waals surface area contributed by atoms with Gasteiger partial charge >= 0.3 is 0 Å². The molecule has 0 N–H and O–H groups in total. The highest BCUT2D eigenvalue weighted by Gasteiger charge is 2.10. The largest absolute Gasteiger partial charge is 0.282 e. The number of rotatable bonds is 5. The van der Waals surface area contributed by atoms with Gasteiger partial charge < -0.3 is 0 Å². The molecule has 3 aromatic rings. The van der Waals surface area contributed by atoms with Crippen molar-refractivity contribution in [2.75, 3.05) is 0 Å². The van der Waals surface area contributed by atoms with Crippen LogP contribution in [-0.2, 0) is 9.59 Å². The Labute approximate surface area is 161 Å². The second-order valence-corrected chi connectivity index (χ2v) is 7.56. The van der Waals surface area contributed by atoms with Gasteiger partial charge in [0.15, 0.2) is 0 Å². The number of thioether (sulfide) groups is 2. The zero-order chi connectivity index (χ0) is 18.5. The summed E-state index contributed by atoms with van der Waals surface area (Å²) in [5.74, 6) is 0. The Hall–Kier alpha value is -2.56. The average Bonchev–Trinajstić information content (AvgIpc) is 2.68. The first kappa shape index (κ1) is 18.2. The van der Waals surface area contributed by atoms with E-state index in [0.717, 1.165) is 43.5 Å². The number of fused-ring (bicyclic) bond motifs is 1. The maximum atomic E-state index is 11.7. The van der Waals surface area contributed by atoms with Gasteiger partial charge in [-0.15, -0.1) is 0 Å². The normalized spacial score (nSPS) is 10.5. The van der Waals surface area contributed by atoms with Crippen LogP contribution in [0.4, 0.5) is 0 Å². The second-order valence-electron chi connectivity index (χ2n) is 5.43. The lowest BCUT2D eigenvalue weighted by Crippen LogP contribution is -1.88. The first-order valence-electron chi connectivity index (χ1n) is 7.93. The molecule has 0 radical (unpaired) electrons. The van der Waals surface area contributed by atoms with Gasteiger partial charge in [0, 0.05) is 9.79 Å². The monoisotopic (exact) mass is 376 g/mol. The van der Waals surface area contributed by atoms with E-state index in [1.165, 1.54) is 23.9 Å². The maximum absolute atomic E-state index is 11.7. The molecule has 0 spiro atoms. The van der Waals surface area contributed by atoms with E-state index >= 15 is 0 Å².